The average Bonchev–Trinajstić information content (AvgIpc) is 2.51. The van der Waals surface area contributed by atoms with Crippen molar-refractivity contribution in [1.82, 2.24) is 0 Å². The van der Waals surface area contributed by atoms with Gasteiger partial charge in [-0.2, -0.15) is 0 Å². The molecule has 102 valence electrons. The molecule has 0 fully saturated rings. The summed E-state index contributed by atoms with van der Waals surface area (Å²) in [5.41, 5.74) is 1.30. The number of fused-ring (bicyclic) bond motifs is 2. The molecule has 0 saturated heterocycles. The van der Waals surface area contributed by atoms with Gasteiger partial charge in [-0.15, -0.1) is 0 Å². The lowest BCUT2D eigenvalue weighted by atomic mass is 9.98. The van der Waals surface area contributed by atoms with Crippen LogP contribution in [-0.4, -0.2) is 14.2 Å². The highest BCUT2D eigenvalue weighted by molar-refractivity contribution is 6.11. The highest BCUT2D eigenvalue weighted by atomic mass is 16.5. The van der Waals surface area contributed by atoms with Gasteiger partial charge in [0.15, 0.2) is 0 Å². The predicted octanol–water partition coefficient (Wildman–Crippen LogP) is 4.57. The summed E-state index contributed by atoms with van der Waals surface area (Å²) in [5.74, 6) is 1.84. The quantitative estimate of drug-likeness (QED) is 0.646. The zero-order valence-electron chi connectivity index (χ0n) is 12.1. The molecule has 0 bridgehead atoms. The summed E-state index contributed by atoms with van der Waals surface area (Å²) < 4.78 is 11.3. The van der Waals surface area contributed by atoms with E-state index in [1.54, 1.807) is 14.2 Å². The molecule has 0 radical (unpaired) electrons. The Kier molecular flexibility index (Phi) is 3.23. The molecule has 20 heavy (non-hydrogen) atoms. The van der Waals surface area contributed by atoms with E-state index in [4.69, 9.17) is 9.47 Å². The normalized spacial score (nSPS) is 10.9. The van der Waals surface area contributed by atoms with Crippen molar-refractivity contribution >= 4 is 21.5 Å². The molecule has 0 aromatic heterocycles. The zero-order chi connectivity index (χ0) is 14.1. The second-order valence-electron chi connectivity index (χ2n) is 4.85. The third kappa shape index (κ3) is 1.80. The fourth-order valence-corrected chi connectivity index (χ4v) is 2.81. The van der Waals surface area contributed by atoms with Crippen LogP contribution >= 0.6 is 0 Å². The molecule has 3 rings (SSSR count). The molecule has 0 spiro atoms. The van der Waals surface area contributed by atoms with Gasteiger partial charge in [0, 0.05) is 21.5 Å². The van der Waals surface area contributed by atoms with E-state index in [1.807, 2.05) is 12.1 Å². The summed E-state index contributed by atoms with van der Waals surface area (Å²) in [5, 5.41) is 4.39. The van der Waals surface area contributed by atoms with Crippen molar-refractivity contribution in [3.63, 3.8) is 0 Å². The van der Waals surface area contributed by atoms with Crippen LogP contribution in [0.5, 0.6) is 11.5 Å². The van der Waals surface area contributed by atoms with E-state index in [0.29, 0.717) is 0 Å². The topological polar surface area (TPSA) is 18.5 Å². The van der Waals surface area contributed by atoms with Gasteiger partial charge in [-0.25, -0.2) is 0 Å². The van der Waals surface area contributed by atoms with E-state index in [1.165, 1.54) is 5.56 Å². The van der Waals surface area contributed by atoms with Gasteiger partial charge in [-0.05, 0) is 18.1 Å². The van der Waals surface area contributed by atoms with Crippen LogP contribution in [0.4, 0.5) is 0 Å². The van der Waals surface area contributed by atoms with Crippen molar-refractivity contribution in [1.29, 1.82) is 0 Å². The Morgan fingerprint density at radius 2 is 1.30 bits per heavy atom. The van der Waals surface area contributed by atoms with E-state index < -0.39 is 0 Å². The average molecular weight is 266 g/mol. The van der Waals surface area contributed by atoms with Crippen LogP contribution in [0.1, 0.15) is 12.5 Å². The Balaban J connectivity index is 2.54. The van der Waals surface area contributed by atoms with Crippen LogP contribution in [0.2, 0.25) is 0 Å². The molecule has 3 aromatic carbocycles. The van der Waals surface area contributed by atoms with E-state index >= 15 is 0 Å². The summed E-state index contributed by atoms with van der Waals surface area (Å²) in [6, 6.07) is 14.7. The largest absolute Gasteiger partial charge is 0.495 e. The number of hydrogen-bond donors (Lipinski definition) is 0. The summed E-state index contributed by atoms with van der Waals surface area (Å²) in [7, 11) is 3.45. The number of hydrogen-bond acceptors (Lipinski definition) is 2. The molecule has 2 nitrogen and oxygen atoms in total. The lowest BCUT2D eigenvalue weighted by Crippen LogP contribution is -1.93. The molecule has 0 saturated carbocycles. The minimum absolute atomic E-state index is 0.916. The fraction of sp³-hybridized carbons (Fsp3) is 0.222. The Labute approximate surface area is 118 Å². The lowest BCUT2D eigenvalue weighted by Gasteiger charge is -2.15. The van der Waals surface area contributed by atoms with Gasteiger partial charge in [0.25, 0.3) is 0 Å². The van der Waals surface area contributed by atoms with Crippen molar-refractivity contribution in [2.45, 2.75) is 13.3 Å². The standard InChI is InChI=1S/C18H18O2/c1-4-12-9-10-15-16(11-12)18(20-3)14-8-6-5-7-13(14)17(15)19-2/h5-11H,4H2,1-3H3. The summed E-state index contributed by atoms with van der Waals surface area (Å²) in [4.78, 5) is 0. The first-order valence-corrected chi connectivity index (χ1v) is 6.85. The molecular formula is C18H18O2. The van der Waals surface area contributed by atoms with Crippen LogP contribution in [0.15, 0.2) is 42.5 Å². The summed E-state index contributed by atoms with van der Waals surface area (Å²) in [6.45, 7) is 2.16. The zero-order valence-corrected chi connectivity index (χ0v) is 12.1. The van der Waals surface area contributed by atoms with Gasteiger partial charge < -0.3 is 9.47 Å². The Morgan fingerprint density at radius 3 is 1.85 bits per heavy atom. The Bertz CT molecular complexity index is 775. The van der Waals surface area contributed by atoms with Crippen LogP contribution in [-0.2, 0) is 6.42 Å². The van der Waals surface area contributed by atoms with E-state index in [2.05, 4.69) is 37.3 Å². The monoisotopic (exact) mass is 266 g/mol. The molecule has 0 heterocycles. The van der Waals surface area contributed by atoms with Crippen LogP contribution < -0.4 is 9.47 Å². The third-order valence-electron chi connectivity index (χ3n) is 3.81. The molecule has 3 aromatic rings. The number of ether oxygens (including phenoxy) is 2. The van der Waals surface area contributed by atoms with Gasteiger partial charge >= 0.3 is 0 Å². The van der Waals surface area contributed by atoms with Crippen LogP contribution in [0, 0.1) is 0 Å². The maximum Gasteiger partial charge on any atom is 0.134 e. The smallest absolute Gasteiger partial charge is 0.134 e. The number of aryl methyl sites for hydroxylation is 1. The molecule has 0 amide bonds. The first-order valence-electron chi connectivity index (χ1n) is 6.85. The third-order valence-corrected chi connectivity index (χ3v) is 3.81. The SMILES string of the molecule is CCc1ccc2c(OC)c3ccccc3c(OC)c2c1. The highest BCUT2D eigenvalue weighted by Gasteiger charge is 2.14. The molecule has 0 aliphatic carbocycles. The molecule has 0 aliphatic heterocycles. The second kappa shape index (κ2) is 5.04. The van der Waals surface area contributed by atoms with Crippen molar-refractivity contribution in [2.75, 3.05) is 14.2 Å². The second-order valence-corrected chi connectivity index (χ2v) is 4.85. The minimum atomic E-state index is 0.916. The molecule has 0 aliphatic rings. The maximum absolute atomic E-state index is 5.68. The summed E-state index contributed by atoms with van der Waals surface area (Å²) in [6.07, 6.45) is 1.01. The van der Waals surface area contributed by atoms with Crippen LogP contribution in [0.25, 0.3) is 21.5 Å². The molecule has 0 unspecified atom stereocenters. The molecular weight excluding hydrogens is 248 g/mol. The molecule has 0 atom stereocenters. The fourth-order valence-electron chi connectivity index (χ4n) is 2.81. The van der Waals surface area contributed by atoms with Crippen LogP contribution in [0.3, 0.4) is 0 Å². The molecule has 2 heteroatoms. The van der Waals surface area contributed by atoms with Gasteiger partial charge in [0.05, 0.1) is 14.2 Å². The maximum atomic E-state index is 5.68. The lowest BCUT2D eigenvalue weighted by molar-refractivity contribution is 0.417. The Hall–Kier alpha value is -2.22. The number of rotatable bonds is 3. The van der Waals surface area contributed by atoms with E-state index in [0.717, 1.165) is 39.5 Å². The van der Waals surface area contributed by atoms with Gasteiger partial charge in [-0.3, -0.25) is 0 Å². The highest BCUT2D eigenvalue weighted by Crippen LogP contribution is 2.42. The van der Waals surface area contributed by atoms with Gasteiger partial charge in [0.1, 0.15) is 11.5 Å². The molecule has 0 N–H and O–H groups in total. The summed E-state index contributed by atoms with van der Waals surface area (Å²) >= 11 is 0. The van der Waals surface area contributed by atoms with E-state index in [9.17, 15) is 0 Å². The van der Waals surface area contributed by atoms with E-state index in [-0.39, 0.29) is 0 Å². The first kappa shape index (κ1) is 12.8. The van der Waals surface area contributed by atoms with Gasteiger partial charge in [-0.1, -0.05) is 43.3 Å². The first-order chi connectivity index (χ1) is 9.80. The van der Waals surface area contributed by atoms with Crippen molar-refractivity contribution < 1.29 is 9.47 Å². The Morgan fingerprint density at radius 1 is 0.750 bits per heavy atom. The minimum Gasteiger partial charge on any atom is -0.495 e. The number of benzene rings is 3. The van der Waals surface area contributed by atoms with Gasteiger partial charge in [0.2, 0.25) is 0 Å². The number of methoxy groups -OCH3 is 2. The van der Waals surface area contributed by atoms with Crippen molar-refractivity contribution in [3.05, 3.63) is 48.0 Å². The predicted molar refractivity (Wildman–Crippen MR) is 83.9 cm³/mol. The van der Waals surface area contributed by atoms with Crippen molar-refractivity contribution in [2.24, 2.45) is 0 Å². The van der Waals surface area contributed by atoms with Crippen molar-refractivity contribution in [3.8, 4) is 11.5 Å².